The zero-order chi connectivity index (χ0) is 26.1. The van der Waals surface area contributed by atoms with Gasteiger partial charge in [-0.15, -0.1) is 0 Å². The highest BCUT2D eigenvalue weighted by molar-refractivity contribution is 7.48. The van der Waals surface area contributed by atoms with Crippen LogP contribution in [0.4, 0.5) is 5.95 Å². The molecule has 15 heteroatoms. The molecule has 0 aliphatic carbocycles. The quantitative estimate of drug-likeness (QED) is 0.215. The zero-order valence-electron chi connectivity index (χ0n) is 20.6. The number of rotatable bonds is 14. The van der Waals surface area contributed by atoms with E-state index in [0.717, 1.165) is 12.8 Å². The van der Waals surface area contributed by atoms with Crippen LogP contribution in [-0.4, -0.2) is 64.0 Å². The number of nitrogens with two attached hydrogens (primary N) is 1. The molecule has 1 aliphatic heterocycles. The molecule has 1 unspecified atom stereocenters. The molecule has 0 bridgehead atoms. The van der Waals surface area contributed by atoms with Gasteiger partial charge >= 0.3 is 19.8 Å². The lowest BCUT2D eigenvalue weighted by atomic mass is 10.2. The fraction of sp³-hybridized carbons (Fsp3) is 0.667. The van der Waals surface area contributed by atoms with Crippen molar-refractivity contribution >= 4 is 36.9 Å². The number of unbranched alkanes of at least 4 members (excludes halogenated alkanes) is 2. The maximum absolute atomic E-state index is 13.1. The van der Waals surface area contributed by atoms with E-state index in [2.05, 4.69) is 15.0 Å². The van der Waals surface area contributed by atoms with Gasteiger partial charge in [0.15, 0.2) is 11.2 Å². The SMILES string of the molecule is CCCCCOP(=O)(OCCOC(C)=O)OC[C@@H]1CC[C@H](n2cnc3c(OC(C)=O)nc(N)nc32)O1. The average Bonchev–Trinajstić information content (AvgIpc) is 3.45. The summed E-state index contributed by atoms with van der Waals surface area (Å²) in [7, 11) is -3.89. The summed E-state index contributed by atoms with van der Waals surface area (Å²) in [5, 5.41) is 0. The first-order chi connectivity index (χ1) is 17.2. The fourth-order valence-corrected chi connectivity index (χ4v) is 4.71. The largest absolute Gasteiger partial charge is 0.474 e. The molecule has 2 aromatic heterocycles. The Morgan fingerprint density at radius 1 is 1.11 bits per heavy atom. The molecule has 3 heterocycles. The van der Waals surface area contributed by atoms with Crippen LogP contribution in [0.2, 0.25) is 0 Å². The normalized spacial score (nSPS) is 19.3. The summed E-state index contributed by atoms with van der Waals surface area (Å²) in [5.41, 5.74) is 6.40. The standard InChI is InChI=1S/C21H32N5O9P/c1-4-5-6-9-31-36(29,32-11-10-30-14(2)27)33-12-16-7-8-17(35-16)26-13-23-18-19(26)24-21(22)25-20(18)34-15(3)28/h13,16-17H,4-12H2,1-3H3,(H2,22,24,25)/t16-,17+,36?/m0/s1. The highest BCUT2D eigenvalue weighted by atomic mass is 31.2. The number of fused-ring (bicyclic) bond motifs is 1. The minimum atomic E-state index is -3.89. The summed E-state index contributed by atoms with van der Waals surface area (Å²) in [4.78, 5) is 34.7. The molecule has 3 atom stereocenters. The third-order valence-electron chi connectivity index (χ3n) is 5.10. The van der Waals surface area contributed by atoms with E-state index in [1.54, 1.807) is 4.57 Å². The number of imidazole rings is 1. The summed E-state index contributed by atoms with van der Waals surface area (Å²) < 4.78 is 47.0. The van der Waals surface area contributed by atoms with Crippen LogP contribution in [0.3, 0.4) is 0 Å². The minimum Gasteiger partial charge on any atom is -0.463 e. The summed E-state index contributed by atoms with van der Waals surface area (Å²) in [6.07, 6.45) is 4.38. The van der Waals surface area contributed by atoms with Crippen LogP contribution in [0, 0.1) is 0 Å². The van der Waals surface area contributed by atoms with Crippen molar-refractivity contribution in [2.75, 3.05) is 32.2 Å². The number of ether oxygens (including phenoxy) is 3. The Bertz CT molecular complexity index is 1100. The molecule has 0 amide bonds. The molecule has 36 heavy (non-hydrogen) atoms. The molecule has 2 N–H and O–H groups in total. The molecule has 0 spiro atoms. The number of aromatic nitrogens is 4. The third kappa shape index (κ3) is 7.93. The summed E-state index contributed by atoms with van der Waals surface area (Å²) in [6.45, 7) is 4.52. The van der Waals surface area contributed by atoms with Gasteiger partial charge in [-0.1, -0.05) is 19.8 Å². The number of hydrogen-bond acceptors (Lipinski definition) is 13. The van der Waals surface area contributed by atoms with Crippen molar-refractivity contribution in [3.05, 3.63) is 6.33 Å². The van der Waals surface area contributed by atoms with E-state index >= 15 is 0 Å². The Morgan fingerprint density at radius 3 is 2.61 bits per heavy atom. The smallest absolute Gasteiger partial charge is 0.463 e. The molecule has 1 fully saturated rings. The molecule has 0 saturated carbocycles. The number of nitrogens with zero attached hydrogens (tertiary/aromatic N) is 4. The monoisotopic (exact) mass is 529 g/mol. The van der Waals surface area contributed by atoms with Gasteiger partial charge in [-0.05, 0) is 19.3 Å². The van der Waals surface area contributed by atoms with Crippen molar-refractivity contribution in [1.82, 2.24) is 19.5 Å². The molecule has 1 saturated heterocycles. The van der Waals surface area contributed by atoms with Crippen LogP contribution in [0.25, 0.3) is 11.2 Å². The number of nitrogen functional groups attached to an aromatic ring is 1. The van der Waals surface area contributed by atoms with E-state index in [4.69, 9.17) is 33.5 Å². The molecule has 0 aromatic carbocycles. The van der Waals surface area contributed by atoms with Gasteiger partial charge in [0.05, 0.1) is 32.3 Å². The van der Waals surface area contributed by atoms with Gasteiger partial charge < -0.3 is 19.9 Å². The van der Waals surface area contributed by atoms with Crippen molar-refractivity contribution in [1.29, 1.82) is 0 Å². The van der Waals surface area contributed by atoms with Crippen LogP contribution in [0.5, 0.6) is 5.88 Å². The molecule has 3 rings (SSSR count). The van der Waals surface area contributed by atoms with Gasteiger partial charge in [-0.2, -0.15) is 9.97 Å². The maximum Gasteiger partial charge on any atom is 0.474 e. The van der Waals surface area contributed by atoms with Crippen molar-refractivity contribution in [2.24, 2.45) is 0 Å². The van der Waals surface area contributed by atoms with Crippen LogP contribution < -0.4 is 10.5 Å². The van der Waals surface area contributed by atoms with E-state index in [0.29, 0.717) is 24.9 Å². The topological polar surface area (TPSA) is 176 Å². The van der Waals surface area contributed by atoms with E-state index in [1.807, 2.05) is 6.92 Å². The Balaban J connectivity index is 1.61. The van der Waals surface area contributed by atoms with Gasteiger partial charge in [-0.25, -0.2) is 9.55 Å². The number of carbonyl (C=O) groups is 2. The predicted octanol–water partition coefficient (Wildman–Crippen LogP) is 2.92. The van der Waals surface area contributed by atoms with E-state index in [-0.39, 0.29) is 43.8 Å². The van der Waals surface area contributed by atoms with Crippen molar-refractivity contribution in [3.63, 3.8) is 0 Å². The Morgan fingerprint density at radius 2 is 1.89 bits per heavy atom. The lowest BCUT2D eigenvalue weighted by molar-refractivity contribution is -0.142. The molecule has 0 radical (unpaired) electrons. The molecule has 1 aliphatic rings. The molecule has 2 aromatic rings. The average molecular weight is 529 g/mol. The summed E-state index contributed by atoms with van der Waals surface area (Å²) in [6, 6.07) is 0. The van der Waals surface area contributed by atoms with Crippen LogP contribution in [0.15, 0.2) is 6.33 Å². The van der Waals surface area contributed by atoms with Crippen molar-refractivity contribution < 1.29 is 41.9 Å². The van der Waals surface area contributed by atoms with Gasteiger partial charge in [-0.3, -0.25) is 27.7 Å². The van der Waals surface area contributed by atoms with E-state index < -0.39 is 32.1 Å². The number of hydrogen-bond donors (Lipinski definition) is 1. The zero-order valence-corrected chi connectivity index (χ0v) is 21.5. The lowest BCUT2D eigenvalue weighted by Gasteiger charge is -2.20. The third-order valence-corrected chi connectivity index (χ3v) is 6.56. The number of esters is 2. The van der Waals surface area contributed by atoms with Crippen LogP contribution >= 0.6 is 7.82 Å². The highest BCUT2D eigenvalue weighted by Gasteiger charge is 2.33. The lowest BCUT2D eigenvalue weighted by Crippen LogP contribution is -2.18. The second-order valence-corrected chi connectivity index (χ2v) is 9.72. The Kier molecular flexibility index (Phi) is 10.1. The number of anilines is 1. The fourth-order valence-electron chi connectivity index (χ4n) is 3.49. The highest BCUT2D eigenvalue weighted by Crippen LogP contribution is 2.50. The maximum atomic E-state index is 13.1. The molecular formula is C21H32N5O9P. The second kappa shape index (κ2) is 13.1. The molecule has 200 valence electrons. The van der Waals surface area contributed by atoms with Crippen molar-refractivity contribution in [3.8, 4) is 5.88 Å². The van der Waals surface area contributed by atoms with Crippen LogP contribution in [0.1, 0.15) is 59.1 Å². The van der Waals surface area contributed by atoms with Gasteiger partial charge in [0.25, 0.3) is 5.88 Å². The van der Waals surface area contributed by atoms with Crippen molar-refractivity contribution in [2.45, 2.75) is 65.2 Å². The molecule has 14 nitrogen and oxygen atoms in total. The Hall–Kier alpha value is -2.64. The predicted molar refractivity (Wildman–Crippen MR) is 126 cm³/mol. The first-order valence-electron chi connectivity index (χ1n) is 11.7. The molecular weight excluding hydrogens is 497 g/mol. The summed E-state index contributed by atoms with van der Waals surface area (Å²) >= 11 is 0. The first kappa shape index (κ1) is 27.9. The van der Waals surface area contributed by atoms with Gasteiger partial charge in [0.1, 0.15) is 12.8 Å². The van der Waals surface area contributed by atoms with Gasteiger partial charge in [0, 0.05) is 13.8 Å². The first-order valence-corrected chi connectivity index (χ1v) is 13.2. The van der Waals surface area contributed by atoms with E-state index in [1.165, 1.54) is 20.2 Å². The number of phosphoric acid groups is 1. The van der Waals surface area contributed by atoms with Crippen LogP contribution in [-0.2, 0) is 37.2 Å². The summed E-state index contributed by atoms with van der Waals surface area (Å²) in [5.74, 6) is -1.14. The Labute approximate surface area is 208 Å². The second-order valence-electron chi connectivity index (χ2n) is 8.05. The number of carbonyl (C=O) groups excluding carboxylic acids is 2. The van der Waals surface area contributed by atoms with E-state index in [9.17, 15) is 14.2 Å². The van der Waals surface area contributed by atoms with Gasteiger partial charge in [0.2, 0.25) is 5.95 Å². The number of phosphoric ester groups is 1. The minimum absolute atomic E-state index is 0.0336.